The molecule has 1 fully saturated rings. The molecule has 0 bridgehead atoms. The van der Waals surface area contributed by atoms with Gasteiger partial charge in [-0.25, -0.2) is 4.98 Å². The van der Waals surface area contributed by atoms with Gasteiger partial charge in [0.05, 0.1) is 12.2 Å². The smallest absolute Gasteiger partial charge is 0.236 e. The fourth-order valence-electron chi connectivity index (χ4n) is 2.13. The number of rotatable bonds is 6. The van der Waals surface area contributed by atoms with Gasteiger partial charge in [-0.3, -0.25) is 9.20 Å². The maximum Gasteiger partial charge on any atom is 0.236 e. The minimum atomic E-state index is -0.347. The molecule has 2 heterocycles. The summed E-state index contributed by atoms with van der Waals surface area (Å²) >= 11 is 1.59. The number of thiazole rings is 1. The van der Waals surface area contributed by atoms with Crippen molar-refractivity contribution in [2.24, 2.45) is 5.73 Å². The minimum absolute atomic E-state index is 0.182. The zero-order chi connectivity index (χ0) is 13.4. The molecule has 3 rings (SSSR count). The summed E-state index contributed by atoms with van der Waals surface area (Å²) in [6, 6.07) is 0.637. The summed E-state index contributed by atoms with van der Waals surface area (Å²) in [6.07, 6.45) is 4.51. The number of carbonyl (C=O) groups is 1. The largest absolute Gasteiger partial charge is 0.368 e. The second kappa shape index (κ2) is 4.82. The first kappa shape index (κ1) is 12.4. The lowest BCUT2D eigenvalue weighted by Gasteiger charge is -2.16. The van der Waals surface area contributed by atoms with Crippen molar-refractivity contribution in [1.29, 1.82) is 0 Å². The predicted molar refractivity (Wildman–Crippen MR) is 75.4 cm³/mol. The van der Waals surface area contributed by atoms with Crippen LogP contribution >= 0.6 is 11.3 Å². The van der Waals surface area contributed by atoms with Crippen LogP contribution in [0.2, 0.25) is 0 Å². The average Bonchev–Trinajstić information content (AvgIpc) is 2.94. The number of fused-ring (bicyclic) bond motifs is 1. The van der Waals surface area contributed by atoms with Crippen molar-refractivity contribution >= 4 is 28.0 Å². The number of aromatic nitrogens is 2. The Bertz CT molecular complexity index is 600. The van der Waals surface area contributed by atoms with Gasteiger partial charge in [0.1, 0.15) is 0 Å². The maximum atomic E-state index is 11.1. The van der Waals surface area contributed by atoms with Gasteiger partial charge in [0.2, 0.25) is 5.91 Å². The number of likely N-dealkylation sites (N-methyl/N-ethyl adjacent to an activating group) is 1. The monoisotopic (exact) mass is 279 g/mol. The Morgan fingerprint density at radius 1 is 1.68 bits per heavy atom. The van der Waals surface area contributed by atoms with Crippen LogP contribution in [0.5, 0.6) is 0 Å². The highest BCUT2D eigenvalue weighted by atomic mass is 32.1. The molecule has 7 heteroatoms. The summed E-state index contributed by atoms with van der Waals surface area (Å²) in [5.41, 5.74) is 6.34. The van der Waals surface area contributed by atoms with Gasteiger partial charge in [0.15, 0.2) is 10.8 Å². The molecule has 0 aromatic carbocycles. The van der Waals surface area contributed by atoms with E-state index < -0.39 is 0 Å². The molecule has 1 amide bonds. The molecule has 0 aliphatic heterocycles. The summed E-state index contributed by atoms with van der Waals surface area (Å²) in [7, 11) is 1.85. The molecule has 19 heavy (non-hydrogen) atoms. The summed E-state index contributed by atoms with van der Waals surface area (Å²) < 4.78 is 2.08. The predicted octanol–water partition coefficient (Wildman–Crippen LogP) is 0.569. The lowest BCUT2D eigenvalue weighted by molar-refractivity contribution is -0.116. The number of carbonyl (C=O) groups excluding carboxylic acids is 1. The maximum absolute atomic E-state index is 11.1. The Morgan fingerprint density at radius 2 is 2.47 bits per heavy atom. The second-order valence-electron chi connectivity index (χ2n) is 4.92. The first-order valence-electron chi connectivity index (χ1n) is 6.32. The van der Waals surface area contributed by atoms with Gasteiger partial charge >= 0.3 is 0 Å². The summed E-state index contributed by atoms with van der Waals surface area (Å²) in [6.45, 7) is 0.947. The third kappa shape index (κ3) is 2.57. The van der Waals surface area contributed by atoms with E-state index in [4.69, 9.17) is 5.73 Å². The van der Waals surface area contributed by atoms with Gasteiger partial charge < -0.3 is 16.0 Å². The van der Waals surface area contributed by atoms with Crippen molar-refractivity contribution in [2.45, 2.75) is 25.4 Å². The Kier molecular flexibility index (Phi) is 3.16. The summed E-state index contributed by atoms with van der Waals surface area (Å²) in [4.78, 5) is 18.4. The molecule has 0 atom stereocenters. The summed E-state index contributed by atoms with van der Waals surface area (Å²) in [5.74, 6) is 0.485. The van der Waals surface area contributed by atoms with Crippen LogP contribution in [0.15, 0.2) is 11.6 Å². The standard InChI is InChI=1S/C12H17N5OS/c1-16(7-10(13)18)11-9(6-14-8-2-3-8)17-4-5-19-12(17)15-11/h4-5,8,14H,2-3,6-7H2,1H3,(H2,13,18). The molecule has 0 radical (unpaired) electrons. The fraction of sp³-hybridized carbons (Fsp3) is 0.500. The van der Waals surface area contributed by atoms with Gasteiger partial charge in [0, 0.05) is 31.2 Å². The highest BCUT2D eigenvalue weighted by Crippen LogP contribution is 2.25. The Morgan fingerprint density at radius 3 is 3.16 bits per heavy atom. The summed E-state index contributed by atoms with van der Waals surface area (Å²) in [5, 5.41) is 5.51. The zero-order valence-corrected chi connectivity index (χ0v) is 11.6. The molecule has 0 spiro atoms. The number of anilines is 1. The van der Waals surface area contributed by atoms with Gasteiger partial charge in [-0.05, 0) is 12.8 Å². The lowest BCUT2D eigenvalue weighted by Crippen LogP contribution is -2.32. The molecular weight excluding hydrogens is 262 g/mol. The molecule has 1 aliphatic carbocycles. The Hall–Kier alpha value is -1.60. The van der Waals surface area contributed by atoms with Crippen molar-refractivity contribution in [2.75, 3.05) is 18.5 Å². The normalized spacial score (nSPS) is 15.0. The van der Waals surface area contributed by atoms with Crippen LogP contribution in [-0.4, -0.2) is 34.9 Å². The van der Waals surface area contributed by atoms with Gasteiger partial charge in [-0.15, -0.1) is 11.3 Å². The molecular formula is C12H17N5OS. The van der Waals surface area contributed by atoms with E-state index in [-0.39, 0.29) is 12.5 Å². The topological polar surface area (TPSA) is 75.7 Å². The number of hydrogen-bond acceptors (Lipinski definition) is 5. The van der Waals surface area contributed by atoms with Crippen molar-refractivity contribution in [3.8, 4) is 0 Å². The van der Waals surface area contributed by atoms with Crippen LogP contribution in [0.4, 0.5) is 5.82 Å². The van der Waals surface area contributed by atoms with E-state index in [1.165, 1.54) is 12.8 Å². The van der Waals surface area contributed by atoms with E-state index in [1.54, 1.807) is 11.3 Å². The van der Waals surface area contributed by atoms with E-state index in [0.717, 1.165) is 23.0 Å². The van der Waals surface area contributed by atoms with Crippen LogP contribution in [-0.2, 0) is 11.3 Å². The van der Waals surface area contributed by atoms with Crippen LogP contribution in [0.1, 0.15) is 18.5 Å². The van der Waals surface area contributed by atoms with Crippen LogP contribution in [0.3, 0.4) is 0 Å². The SMILES string of the molecule is CN(CC(N)=O)c1nc2sccn2c1CNC1CC1. The number of nitrogens with one attached hydrogen (secondary N) is 1. The van der Waals surface area contributed by atoms with E-state index in [2.05, 4.69) is 14.7 Å². The molecule has 0 unspecified atom stereocenters. The van der Waals surface area contributed by atoms with E-state index in [9.17, 15) is 4.79 Å². The van der Waals surface area contributed by atoms with Crippen molar-refractivity contribution < 1.29 is 4.79 Å². The number of primary amides is 1. The van der Waals surface area contributed by atoms with E-state index in [1.807, 2.05) is 23.5 Å². The molecule has 3 N–H and O–H groups in total. The molecule has 0 saturated heterocycles. The Balaban J connectivity index is 1.89. The molecule has 6 nitrogen and oxygen atoms in total. The highest BCUT2D eigenvalue weighted by molar-refractivity contribution is 7.15. The van der Waals surface area contributed by atoms with Crippen LogP contribution in [0, 0.1) is 0 Å². The lowest BCUT2D eigenvalue weighted by atomic mass is 10.3. The number of amides is 1. The van der Waals surface area contributed by atoms with Crippen molar-refractivity contribution in [1.82, 2.24) is 14.7 Å². The van der Waals surface area contributed by atoms with E-state index >= 15 is 0 Å². The second-order valence-corrected chi connectivity index (χ2v) is 5.79. The zero-order valence-electron chi connectivity index (χ0n) is 10.8. The molecule has 1 saturated carbocycles. The molecule has 2 aromatic rings. The molecule has 2 aromatic heterocycles. The van der Waals surface area contributed by atoms with Gasteiger partial charge in [-0.1, -0.05) is 0 Å². The molecule has 1 aliphatic rings. The van der Waals surface area contributed by atoms with Crippen LogP contribution in [0.25, 0.3) is 4.96 Å². The highest BCUT2D eigenvalue weighted by Gasteiger charge is 2.23. The average molecular weight is 279 g/mol. The quantitative estimate of drug-likeness (QED) is 0.810. The van der Waals surface area contributed by atoms with E-state index in [0.29, 0.717) is 6.04 Å². The van der Waals surface area contributed by atoms with Crippen LogP contribution < -0.4 is 16.0 Å². The minimum Gasteiger partial charge on any atom is -0.368 e. The number of imidazole rings is 1. The number of nitrogens with two attached hydrogens (primary N) is 1. The molecule has 102 valence electrons. The van der Waals surface area contributed by atoms with Gasteiger partial charge in [0.25, 0.3) is 0 Å². The number of hydrogen-bond donors (Lipinski definition) is 2. The number of nitrogens with zero attached hydrogens (tertiary/aromatic N) is 3. The van der Waals surface area contributed by atoms with Crippen molar-refractivity contribution in [3.63, 3.8) is 0 Å². The first-order chi connectivity index (χ1) is 9.15. The third-order valence-corrected chi connectivity index (χ3v) is 3.99. The first-order valence-corrected chi connectivity index (χ1v) is 7.20. The third-order valence-electron chi connectivity index (χ3n) is 3.23. The fourth-order valence-corrected chi connectivity index (χ4v) is 2.86. The Labute approximate surface area is 115 Å². The van der Waals surface area contributed by atoms with Gasteiger partial charge in [-0.2, -0.15) is 0 Å². The van der Waals surface area contributed by atoms with Crippen molar-refractivity contribution in [3.05, 3.63) is 17.3 Å².